The Morgan fingerprint density at radius 1 is 1.09 bits per heavy atom. The highest BCUT2D eigenvalue weighted by molar-refractivity contribution is 7.90. The highest BCUT2D eigenvalue weighted by Gasteiger charge is 2.26. The number of piperazine rings is 1. The van der Waals surface area contributed by atoms with Gasteiger partial charge in [0.05, 0.1) is 10.8 Å². The molecule has 0 bridgehead atoms. The lowest BCUT2D eigenvalue weighted by Crippen LogP contribution is -2.48. The number of anilines is 1. The van der Waals surface area contributed by atoms with E-state index in [1.54, 1.807) is 19.9 Å². The van der Waals surface area contributed by atoms with E-state index in [1.165, 1.54) is 6.26 Å². The topological polar surface area (TPSA) is 101 Å². The number of aromatic nitrogens is 4. The van der Waals surface area contributed by atoms with Crippen molar-refractivity contribution in [2.45, 2.75) is 20.4 Å². The van der Waals surface area contributed by atoms with E-state index in [2.05, 4.69) is 14.9 Å². The maximum atomic E-state index is 11.9. The van der Waals surface area contributed by atoms with Gasteiger partial charge in [-0.25, -0.2) is 23.4 Å². The van der Waals surface area contributed by atoms with Crippen molar-refractivity contribution in [1.82, 2.24) is 24.4 Å². The minimum absolute atomic E-state index is 0. The number of carbonyl (C=O) groups is 1. The van der Waals surface area contributed by atoms with Crippen molar-refractivity contribution < 1.29 is 13.2 Å². The zero-order chi connectivity index (χ0) is 23.0. The minimum Gasteiger partial charge on any atom is -0.351 e. The van der Waals surface area contributed by atoms with Crippen molar-refractivity contribution in [3.05, 3.63) is 35.1 Å². The molecule has 0 spiro atoms. The minimum atomic E-state index is -3.21. The average Bonchev–Trinajstić information content (AvgIpc) is 3.09. The molecule has 4 rings (SSSR count). The van der Waals surface area contributed by atoms with Crippen molar-refractivity contribution in [1.29, 1.82) is 0 Å². The Morgan fingerprint density at radius 2 is 1.76 bits per heavy atom. The van der Waals surface area contributed by atoms with Crippen LogP contribution in [0.25, 0.3) is 22.6 Å². The van der Waals surface area contributed by atoms with Gasteiger partial charge < -0.3 is 14.4 Å². The fourth-order valence-electron chi connectivity index (χ4n) is 3.86. The fraction of sp³-hybridized carbons (Fsp3) is 0.429. The van der Waals surface area contributed by atoms with E-state index >= 15 is 0 Å². The number of fused-ring (bicyclic) bond motifs is 1. The monoisotopic (exact) mass is 512 g/mol. The molecule has 0 unspecified atom stereocenters. The molecule has 0 atom stereocenters. The first kappa shape index (κ1) is 25.2. The van der Waals surface area contributed by atoms with Gasteiger partial charge >= 0.3 is 0 Å². The lowest BCUT2D eigenvalue weighted by molar-refractivity contribution is -0.129. The molecular weight excluding hydrogens is 487 g/mol. The number of hydrogen-bond acceptors (Lipinski definition) is 7. The summed E-state index contributed by atoms with van der Waals surface area (Å²) in [7, 11) is -3.21. The molecule has 3 heterocycles. The van der Waals surface area contributed by atoms with Gasteiger partial charge in [0.25, 0.3) is 0 Å². The number of carbonyl (C=O) groups excluding carboxylic acids is 1. The molecule has 0 saturated carbocycles. The second kappa shape index (κ2) is 9.82. The van der Waals surface area contributed by atoms with Crippen LogP contribution in [0, 0.1) is 6.92 Å². The third kappa shape index (κ3) is 5.39. The molecule has 0 N–H and O–H groups in total. The van der Waals surface area contributed by atoms with E-state index in [0.717, 1.165) is 0 Å². The van der Waals surface area contributed by atoms with Crippen LogP contribution in [0.3, 0.4) is 0 Å². The van der Waals surface area contributed by atoms with Gasteiger partial charge in [0.1, 0.15) is 21.5 Å². The van der Waals surface area contributed by atoms with E-state index in [4.69, 9.17) is 16.6 Å². The molecule has 1 fully saturated rings. The molecule has 1 amide bonds. The molecule has 0 aliphatic carbocycles. The largest absolute Gasteiger partial charge is 0.351 e. The smallest absolute Gasteiger partial charge is 0.219 e. The van der Waals surface area contributed by atoms with Gasteiger partial charge in [0.2, 0.25) is 5.91 Å². The number of imidazole rings is 1. The van der Waals surface area contributed by atoms with Crippen molar-refractivity contribution in [2.24, 2.45) is 0 Å². The predicted octanol–water partition coefficient (Wildman–Crippen LogP) is 2.59. The van der Waals surface area contributed by atoms with Crippen LogP contribution in [-0.4, -0.2) is 76.9 Å². The summed E-state index contributed by atoms with van der Waals surface area (Å²) in [5.74, 6) is 1.80. The van der Waals surface area contributed by atoms with Gasteiger partial charge in [-0.3, -0.25) is 4.79 Å². The Morgan fingerprint density at radius 3 is 2.36 bits per heavy atom. The first-order valence-electron chi connectivity index (χ1n) is 10.3. The maximum Gasteiger partial charge on any atom is 0.219 e. The molecule has 1 aromatic carbocycles. The zero-order valence-corrected chi connectivity index (χ0v) is 21.0. The Bertz CT molecular complexity index is 1290. The fourth-order valence-corrected chi connectivity index (χ4v) is 4.60. The van der Waals surface area contributed by atoms with Crippen LogP contribution in [0.5, 0.6) is 0 Å². The number of aryl methyl sites for hydroxylation is 2. The Labute approximate surface area is 204 Å². The predicted molar refractivity (Wildman–Crippen MR) is 132 cm³/mol. The Hall–Kier alpha value is -2.43. The summed E-state index contributed by atoms with van der Waals surface area (Å²) < 4.78 is 25.6. The van der Waals surface area contributed by atoms with Crippen LogP contribution < -0.4 is 4.90 Å². The highest BCUT2D eigenvalue weighted by Crippen LogP contribution is 2.33. The normalized spacial score (nSPS) is 14.4. The van der Waals surface area contributed by atoms with Gasteiger partial charge in [0.15, 0.2) is 17.0 Å². The Kier molecular flexibility index (Phi) is 7.50. The standard InChI is InChI=1S/C21H25ClN6O3S.ClH/c1-14-23-20(27-10-8-26(9-11-27)15(2)29)18-21(24-14)28(12-13-32(3,30)31)19(25-18)16-6-4-5-7-17(16)22;/h4-7H,8-13H2,1-3H3;1H. The average molecular weight is 513 g/mol. The van der Waals surface area contributed by atoms with Crippen LogP contribution in [-0.2, 0) is 21.2 Å². The molecule has 1 aliphatic rings. The van der Waals surface area contributed by atoms with E-state index < -0.39 is 9.84 Å². The second-order valence-electron chi connectivity index (χ2n) is 7.96. The maximum absolute atomic E-state index is 11.9. The summed E-state index contributed by atoms with van der Waals surface area (Å²) in [6.45, 7) is 6.04. The molecule has 178 valence electrons. The van der Waals surface area contributed by atoms with Crippen LogP contribution in [0.2, 0.25) is 5.02 Å². The molecule has 2 aromatic heterocycles. The number of rotatable bonds is 5. The SMILES string of the molecule is CC(=O)N1CCN(c2nc(C)nc3c2nc(-c2ccccc2Cl)n3CCS(C)(=O)=O)CC1.Cl. The molecular formula is C21H26Cl2N6O3S. The lowest BCUT2D eigenvalue weighted by atomic mass is 10.2. The summed E-state index contributed by atoms with van der Waals surface area (Å²) in [5.41, 5.74) is 1.86. The van der Waals surface area contributed by atoms with E-state index in [0.29, 0.717) is 65.4 Å². The number of amides is 1. The molecule has 3 aromatic rings. The second-order valence-corrected chi connectivity index (χ2v) is 10.6. The summed E-state index contributed by atoms with van der Waals surface area (Å²) in [5, 5.41) is 0.518. The van der Waals surface area contributed by atoms with Gasteiger partial charge in [-0.15, -0.1) is 12.4 Å². The summed E-state index contributed by atoms with van der Waals surface area (Å²) in [4.78, 5) is 29.7. The van der Waals surface area contributed by atoms with Crippen LogP contribution in [0.4, 0.5) is 5.82 Å². The number of halogens is 2. The zero-order valence-electron chi connectivity index (χ0n) is 18.7. The van der Waals surface area contributed by atoms with Crippen LogP contribution in [0.15, 0.2) is 24.3 Å². The molecule has 1 saturated heterocycles. The van der Waals surface area contributed by atoms with Crippen LogP contribution in [0.1, 0.15) is 12.7 Å². The van der Waals surface area contributed by atoms with E-state index in [1.807, 2.05) is 27.7 Å². The van der Waals surface area contributed by atoms with Crippen molar-refractivity contribution >= 4 is 56.7 Å². The van der Waals surface area contributed by atoms with Gasteiger partial charge in [-0.05, 0) is 19.1 Å². The van der Waals surface area contributed by atoms with E-state index in [-0.39, 0.29) is 30.6 Å². The third-order valence-electron chi connectivity index (χ3n) is 5.51. The number of benzene rings is 1. The number of sulfone groups is 1. The van der Waals surface area contributed by atoms with Crippen molar-refractivity contribution in [3.8, 4) is 11.4 Å². The first-order chi connectivity index (χ1) is 15.1. The quantitative estimate of drug-likeness (QED) is 0.517. The molecule has 0 radical (unpaired) electrons. The summed E-state index contributed by atoms with van der Waals surface area (Å²) in [6, 6.07) is 7.32. The van der Waals surface area contributed by atoms with Crippen LogP contribution >= 0.6 is 24.0 Å². The third-order valence-corrected chi connectivity index (χ3v) is 6.77. The number of hydrogen-bond donors (Lipinski definition) is 0. The Balaban J connectivity index is 0.00000306. The molecule has 33 heavy (non-hydrogen) atoms. The highest BCUT2D eigenvalue weighted by atomic mass is 35.5. The summed E-state index contributed by atoms with van der Waals surface area (Å²) >= 11 is 6.46. The molecule has 12 heteroatoms. The van der Waals surface area contributed by atoms with E-state index in [9.17, 15) is 13.2 Å². The van der Waals surface area contributed by atoms with Crippen molar-refractivity contribution in [2.75, 3.05) is 43.1 Å². The van der Waals surface area contributed by atoms with Gasteiger partial charge in [-0.2, -0.15) is 0 Å². The van der Waals surface area contributed by atoms with Gasteiger partial charge in [0, 0.05) is 51.5 Å². The summed E-state index contributed by atoms with van der Waals surface area (Å²) in [6.07, 6.45) is 1.21. The molecule has 1 aliphatic heterocycles. The number of nitrogens with zero attached hydrogens (tertiary/aromatic N) is 6. The van der Waals surface area contributed by atoms with Crippen molar-refractivity contribution in [3.63, 3.8) is 0 Å². The lowest BCUT2D eigenvalue weighted by Gasteiger charge is -2.34. The van der Waals surface area contributed by atoms with Gasteiger partial charge in [-0.1, -0.05) is 23.7 Å². The molecule has 9 nitrogen and oxygen atoms in total. The first-order valence-corrected chi connectivity index (χ1v) is 12.8.